The second-order valence-electron chi connectivity index (χ2n) is 7.30. The number of hydrogen-bond donors (Lipinski definition) is 0. The number of carbonyl (C=O) groups excluding carboxylic acids is 1. The molecule has 0 N–H and O–H groups in total. The lowest BCUT2D eigenvalue weighted by molar-refractivity contribution is 0.0990. The summed E-state index contributed by atoms with van der Waals surface area (Å²) in [6, 6.07) is 22.5. The van der Waals surface area contributed by atoms with Gasteiger partial charge in [0.15, 0.2) is 0 Å². The maximum Gasteiger partial charge on any atom is 0.262 e. The number of para-hydroxylation sites is 1. The molecule has 0 bridgehead atoms. The molecule has 5 nitrogen and oxygen atoms in total. The minimum absolute atomic E-state index is 0.0987. The second kappa shape index (κ2) is 7.19. The SMILES string of the molecule is COc1ccc(-n2cc(C(=O)N3CCc4ccccc43)c3ccccc3c2=O)cc1. The van der Waals surface area contributed by atoms with E-state index in [1.807, 2.05) is 48.5 Å². The minimum Gasteiger partial charge on any atom is -0.497 e. The molecule has 1 aliphatic rings. The van der Waals surface area contributed by atoms with Gasteiger partial charge in [0, 0.05) is 34.9 Å². The molecule has 2 heterocycles. The van der Waals surface area contributed by atoms with E-state index in [-0.39, 0.29) is 11.5 Å². The third-order valence-electron chi connectivity index (χ3n) is 5.64. The van der Waals surface area contributed by atoms with E-state index in [0.717, 1.165) is 12.1 Å². The molecule has 0 spiro atoms. The zero-order chi connectivity index (χ0) is 20.7. The van der Waals surface area contributed by atoms with Gasteiger partial charge in [0.2, 0.25) is 0 Å². The Balaban J connectivity index is 1.69. The van der Waals surface area contributed by atoms with E-state index in [9.17, 15) is 9.59 Å². The average molecular weight is 396 g/mol. The number of benzene rings is 3. The summed E-state index contributed by atoms with van der Waals surface area (Å²) in [6.07, 6.45) is 2.49. The topological polar surface area (TPSA) is 51.5 Å². The van der Waals surface area contributed by atoms with Gasteiger partial charge in [-0.3, -0.25) is 14.2 Å². The van der Waals surface area contributed by atoms with E-state index in [1.54, 1.807) is 36.4 Å². The summed E-state index contributed by atoms with van der Waals surface area (Å²) >= 11 is 0. The van der Waals surface area contributed by atoms with Crippen LogP contribution in [-0.4, -0.2) is 24.1 Å². The van der Waals surface area contributed by atoms with E-state index in [4.69, 9.17) is 4.74 Å². The number of aromatic nitrogens is 1. The molecule has 1 aromatic heterocycles. The number of carbonyl (C=O) groups is 1. The zero-order valence-corrected chi connectivity index (χ0v) is 16.5. The van der Waals surface area contributed by atoms with Gasteiger partial charge < -0.3 is 9.64 Å². The molecule has 0 aliphatic carbocycles. The lowest BCUT2D eigenvalue weighted by atomic mass is 10.1. The number of fused-ring (bicyclic) bond motifs is 2. The van der Waals surface area contributed by atoms with E-state index in [2.05, 4.69) is 6.07 Å². The molecule has 5 heteroatoms. The standard InChI is InChI=1S/C25H20N2O3/c1-30-19-12-10-18(11-13-19)27-16-22(20-7-3-4-8-21(20)24(27)28)25(29)26-15-14-17-6-2-5-9-23(17)26/h2-13,16H,14-15H2,1H3. The Hall–Kier alpha value is -3.86. The van der Waals surface area contributed by atoms with Gasteiger partial charge in [0.05, 0.1) is 12.7 Å². The highest BCUT2D eigenvalue weighted by atomic mass is 16.5. The van der Waals surface area contributed by atoms with Crippen LogP contribution in [0.1, 0.15) is 15.9 Å². The van der Waals surface area contributed by atoms with Crippen LogP contribution in [0, 0.1) is 0 Å². The molecule has 3 aromatic carbocycles. The van der Waals surface area contributed by atoms with E-state index >= 15 is 0 Å². The van der Waals surface area contributed by atoms with Crippen LogP contribution in [0.5, 0.6) is 5.75 Å². The van der Waals surface area contributed by atoms with Crippen molar-refractivity contribution in [1.29, 1.82) is 0 Å². The molecule has 1 aliphatic heterocycles. The van der Waals surface area contributed by atoms with Crippen LogP contribution in [0.25, 0.3) is 16.5 Å². The van der Waals surface area contributed by atoms with Gasteiger partial charge >= 0.3 is 0 Å². The van der Waals surface area contributed by atoms with Gasteiger partial charge in [-0.15, -0.1) is 0 Å². The molecule has 5 rings (SSSR count). The van der Waals surface area contributed by atoms with Crippen molar-refractivity contribution in [3.05, 3.63) is 100 Å². The van der Waals surface area contributed by atoms with Gasteiger partial charge in [-0.1, -0.05) is 36.4 Å². The molecule has 1 amide bonds. The maximum atomic E-state index is 13.6. The second-order valence-corrected chi connectivity index (χ2v) is 7.30. The highest BCUT2D eigenvalue weighted by Gasteiger charge is 2.27. The first-order chi connectivity index (χ1) is 14.7. The monoisotopic (exact) mass is 396 g/mol. The Morgan fingerprint density at radius 3 is 2.37 bits per heavy atom. The number of pyridine rings is 1. The molecule has 0 radical (unpaired) electrons. The number of rotatable bonds is 3. The van der Waals surface area contributed by atoms with Crippen LogP contribution in [0.2, 0.25) is 0 Å². The van der Waals surface area contributed by atoms with Crippen molar-refractivity contribution in [2.75, 3.05) is 18.6 Å². The van der Waals surface area contributed by atoms with Gasteiger partial charge in [-0.05, 0) is 48.4 Å². The van der Waals surface area contributed by atoms with Crippen molar-refractivity contribution < 1.29 is 9.53 Å². The Kier molecular flexibility index (Phi) is 4.36. The third-order valence-corrected chi connectivity index (χ3v) is 5.64. The predicted octanol–water partition coefficient (Wildman–Crippen LogP) is 4.20. The molecule has 4 aromatic rings. The third kappa shape index (κ3) is 2.87. The van der Waals surface area contributed by atoms with Crippen molar-refractivity contribution >= 4 is 22.4 Å². The smallest absolute Gasteiger partial charge is 0.262 e. The van der Waals surface area contributed by atoms with Crippen LogP contribution in [-0.2, 0) is 6.42 Å². The summed E-state index contributed by atoms with van der Waals surface area (Å²) in [5.41, 5.74) is 3.14. The Bertz CT molecular complexity index is 1320. The lowest BCUT2D eigenvalue weighted by Crippen LogP contribution is -2.31. The van der Waals surface area contributed by atoms with Crippen molar-refractivity contribution in [3.8, 4) is 11.4 Å². The minimum atomic E-state index is -0.158. The molecule has 0 atom stereocenters. The first-order valence-corrected chi connectivity index (χ1v) is 9.86. The summed E-state index contributed by atoms with van der Waals surface area (Å²) in [4.78, 5) is 28.6. The van der Waals surface area contributed by atoms with Gasteiger partial charge in [0.1, 0.15) is 5.75 Å². The van der Waals surface area contributed by atoms with Crippen molar-refractivity contribution in [1.82, 2.24) is 4.57 Å². The van der Waals surface area contributed by atoms with E-state index in [0.29, 0.717) is 34.3 Å². The summed E-state index contributed by atoms with van der Waals surface area (Å²) in [5.74, 6) is 0.607. The molecule has 30 heavy (non-hydrogen) atoms. The highest BCUT2D eigenvalue weighted by Crippen LogP contribution is 2.30. The maximum absolute atomic E-state index is 13.6. The quantitative estimate of drug-likeness (QED) is 0.521. The fraction of sp³-hybridized carbons (Fsp3) is 0.120. The summed E-state index contributed by atoms with van der Waals surface area (Å²) in [6.45, 7) is 0.633. The van der Waals surface area contributed by atoms with Crippen molar-refractivity contribution in [3.63, 3.8) is 0 Å². The molecular weight excluding hydrogens is 376 g/mol. The number of hydrogen-bond acceptors (Lipinski definition) is 3. The summed E-state index contributed by atoms with van der Waals surface area (Å²) in [7, 11) is 1.60. The van der Waals surface area contributed by atoms with E-state index < -0.39 is 0 Å². The highest BCUT2D eigenvalue weighted by molar-refractivity contribution is 6.14. The number of anilines is 1. The van der Waals surface area contributed by atoms with Crippen LogP contribution >= 0.6 is 0 Å². The number of amides is 1. The van der Waals surface area contributed by atoms with Crippen molar-refractivity contribution in [2.45, 2.75) is 6.42 Å². The molecule has 0 saturated carbocycles. The van der Waals surface area contributed by atoms with Gasteiger partial charge in [-0.2, -0.15) is 0 Å². The summed E-state index contributed by atoms with van der Waals surface area (Å²) < 4.78 is 6.76. The molecule has 0 fully saturated rings. The van der Waals surface area contributed by atoms with Gasteiger partial charge in [-0.25, -0.2) is 0 Å². The lowest BCUT2D eigenvalue weighted by Gasteiger charge is -2.19. The largest absolute Gasteiger partial charge is 0.497 e. The van der Waals surface area contributed by atoms with Crippen molar-refractivity contribution in [2.24, 2.45) is 0 Å². The molecular formula is C25H20N2O3. The predicted molar refractivity (Wildman–Crippen MR) is 118 cm³/mol. The first kappa shape index (κ1) is 18.2. The number of nitrogens with zero attached hydrogens (tertiary/aromatic N) is 2. The molecule has 148 valence electrons. The summed E-state index contributed by atoms with van der Waals surface area (Å²) in [5, 5.41) is 1.19. The normalized spacial score (nSPS) is 12.8. The van der Waals surface area contributed by atoms with Crippen LogP contribution in [0.4, 0.5) is 5.69 Å². The van der Waals surface area contributed by atoms with E-state index in [1.165, 1.54) is 10.1 Å². The fourth-order valence-corrected chi connectivity index (χ4v) is 4.09. The zero-order valence-electron chi connectivity index (χ0n) is 16.5. The fourth-order valence-electron chi connectivity index (χ4n) is 4.09. The Morgan fingerprint density at radius 1 is 0.900 bits per heavy atom. The molecule has 0 saturated heterocycles. The van der Waals surface area contributed by atoms with Gasteiger partial charge in [0.25, 0.3) is 11.5 Å². The molecule has 0 unspecified atom stereocenters. The van der Waals surface area contributed by atoms with Crippen LogP contribution in [0.3, 0.4) is 0 Å². The Labute approximate surface area is 173 Å². The first-order valence-electron chi connectivity index (χ1n) is 9.86. The average Bonchev–Trinajstić information content (AvgIpc) is 3.23. The van der Waals surface area contributed by atoms with Crippen LogP contribution in [0.15, 0.2) is 83.8 Å². The van der Waals surface area contributed by atoms with Crippen LogP contribution < -0.4 is 15.2 Å². The Morgan fingerprint density at radius 2 is 1.60 bits per heavy atom. The number of ether oxygens (including phenoxy) is 1. The number of methoxy groups -OCH3 is 1.